The number of hydrogen-bond acceptors (Lipinski definition) is 1. The van der Waals surface area contributed by atoms with Crippen molar-refractivity contribution in [2.75, 3.05) is 5.33 Å². The summed E-state index contributed by atoms with van der Waals surface area (Å²) >= 11 is 6.62. The summed E-state index contributed by atoms with van der Waals surface area (Å²) < 4.78 is 13.5. The third kappa shape index (κ3) is 4.52. The molecule has 16 heavy (non-hydrogen) atoms. The van der Waals surface area contributed by atoms with Crippen LogP contribution in [0.2, 0.25) is 0 Å². The van der Waals surface area contributed by atoms with E-state index in [-0.39, 0.29) is 11.4 Å². The summed E-state index contributed by atoms with van der Waals surface area (Å²) in [5.41, 5.74) is 1.17. The molecule has 0 fully saturated rings. The average molecular weight is 353 g/mol. The molecule has 0 unspecified atom stereocenters. The molecule has 0 amide bonds. The Morgan fingerprint density at radius 2 is 2.06 bits per heavy atom. The van der Waals surface area contributed by atoms with Crippen LogP contribution >= 0.6 is 31.9 Å². The lowest BCUT2D eigenvalue weighted by atomic mass is 10.0. The minimum absolute atomic E-state index is 0.0877. The molecular weight excluding hydrogens is 337 g/mol. The Morgan fingerprint density at radius 3 is 2.62 bits per heavy atom. The Kier molecular flexibility index (Phi) is 5.41. The molecule has 0 saturated heterocycles. The van der Waals surface area contributed by atoms with Crippen LogP contribution in [-0.4, -0.2) is 10.9 Å². The van der Waals surface area contributed by atoms with Crippen molar-refractivity contribution < 1.29 is 4.39 Å². The standard InChI is InChI=1S/C12H16Br2FN/c1-12(2,5-6-13)16-8-9-3-4-11(15)10(14)7-9/h3-4,7,16H,5-6,8H2,1-2H3. The molecule has 0 spiro atoms. The lowest BCUT2D eigenvalue weighted by molar-refractivity contribution is 0.378. The van der Waals surface area contributed by atoms with E-state index in [4.69, 9.17) is 0 Å². The number of benzene rings is 1. The zero-order valence-corrected chi connectivity index (χ0v) is 12.7. The van der Waals surface area contributed by atoms with Gasteiger partial charge in [0, 0.05) is 17.4 Å². The van der Waals surface area contributed by atoms with Gasteiger partial charge in [0.25, 0.3) is 0 Å². The molecule has 1 N–H and O–H groups in total. The van der Waals surface area contributed by atoms with Gasteiger partial charge in [0.2, 0.25) is 0 Å². The SMILES string of the molecule is CC(C)(CCBr)NCc1ccc(F)c(Br)c1. The van der Waals surface area contributed by atoms with Gasteiger partial charge in [-0.15, -0.1) is 0 Å². The summed E-state index contributed by atoms with van der Waals surface area (Å²) in [6.45, 7) is 5.07. The fourth-order valence-electron chi connectivity index (χ4n) is 1.32. The van der Waals surface area contributed by atoms with E-state index in [0.29, 0.717) is 4.47 Å². The molecule has 4 heteroatoms. The van der Waals surface area contributed by atoms with Crippen molar-refractivity contribution in [3.8, 4) is 0 Å². The molecule has 0 aliphatic heterocycles. The smallest absolute Gasteiger partial charge is 0.137 e. The van der Waals surface area contributed by atoms with Crippen LogP contribution in [0.3, 0.4) is 0 Å². The summed E-state index contributed by atoms with van der Waals surface area (Å²) in [4.78, 5) is 0. The van der Waals surface area contributed by atoms with E-state index >= 15 is 0 Å². The summed E-state index contributed by atoms with van der Waals surface area (Å²) in [7, 11) is 0. The van der Waals surface area contributed by atoms with Crippen LogP contribution in [0.25, 0.3) is 0 Å². The van der Waals surface area contributed by atoms with E-state index in [9.17, 15) is 4.39 Å². The van der Waals surface area contributed by atoms with Gasteiger partial charge in [0.1, 0.15) is 5.82 Å². The number of nitrogens with one attached hydrogen (secondary N) is 1. The van der Waals surface area contributed by atoms with Crippen molar-refractivity contribution in [2.45, 2.75) is 32.4 Å². The fraction of sp³-hybridized carbons (Fsp3) is 0.500. The molecule has 1 nitrogen and oxygen atoms in total. The average Bonchev–Trinajstić information content (AvgIpc) is 2.20. The van der Waals surface area contributed by atoms with Gasteiger partial charge < -0.3 is 5.32 Å². The van der Waals surface area contributed by atoms with E-state index in [1.807, 2.05) is 6.07 Å². The van der Waals surface area contributed by atoms with E-state index < -0.39 is 0 Å². The van der Waals surface area contributed by atoms with Crippen LogP contribution in [-0.2, 0) is 6.54 Å². The normalized spacial score (nSPS) is 11.8. The Hall–Kier alpha value is 0.0700. The first kappa shape index (κ1) is 14.1. The summed E-state index contributed by atoms with van der Waals surface area (Å²) in [6.07, 6.45) is 1.05. The highest BCUT2D eigenvalue weighted by molar-refractivity contribution is 9.10. The zero-order valence-electron chi connectivity index (χ0n) is 9.49. The molecule has 1 aromatic carbocycles. The molecule has 0 aliphatic carbocycles. The summed E-state index contributed by atoms with van der Waals surface area (Å²) in [6, 6.07) is 5.10. The topological polar surface area (TPSA) is 12.0 Å². The Labute approximate surface area is 113 Å². The molecule has 1 rings (SSSR count). The van der Waals surface area contributed by atoms with Gasteiger partial charge in [-0.1, -0.05) is 22.0 Å². The molecule has 0 atom stereocenters. The summed E-state index contributed by atoms with van der Waals surface area (Å²) in [5.74, 6) is -0.219. The third-order valence-corrected chi connectivity index (χ3v) is 3.48. The first-order valence-electron chi connectivity index (χ1n) is 5.19. The van der Waals surface area contributed by atoms with Gasteiger partial charge in [0.05, 0.1) is 4.47 Å². The van der Waals surface area contributed by atoms with Gasteiger partial charge in [-0.3, -0.25) is 0 Å². The molecule has 0 radical (unpaired) electrons. The second kappa shape index (κ2) is 6.12. The maximum absolute atomic E-state index is 13.0. The van der Waals surface area contributed by atoms with Crippen LogP contribution in [0.5, 0.6) is 0 Å². The fourth-order valence-corrected chi connectivity index (χ4v) is 2.73. The predicted molar refractivity (Wildman–Crippen MR) is 73.4 cm³/mol. The van der Waals surface area contributed by atoms with E-state index in [0.717, 1.165) is 23.9 Å². The van der Waals surface area contributed by atoms with Crippen LogP contribution < -0.4 is 5.32 Å². The molecular formula is C12H16Br2FN. The second-order valence-corrected chi connectivity index (χ2v) is 6.07. The molecule has 0 bridgehead atoms. The zero-order chi connectivity index (χ0) is 12.2. The van der Waals surface area contributed by atoms with Gasteiger partial charge >= 0.3 is 0 Å². The van der Waals surface area contributed by atoms with Crippen LogP contribution in [0.1, 0.15) is 25.8 Å². The van der Waals surface area contributed by atoms with Crippen molar-refractivity contribution in [3.05, 3.63) is 34.1 Å². The Morgan fingerprint density at radius 1 is 1.38 bits per heavy atom. The van der Waals surface area contributed by atoms with Crippen LogP contribution in [0, 0.1) is 5.82 Å². The van der Waals surface area contributed by atoms with Crippen LogP contribution in [0.4, 0.5) is 4.39 Å². The molecule has 0 heterocycles. The maximum Gasteiger partial charge on any atom is 0.137 e. The molecule has 0 aliphatic rings. The van der Waals surface area contributed by atoms with Crippen molar-refractivity contribution in [3.63, 3.8) is 0 Å². The molecule has 1 aromatic rings. The lowest BCUT2D eigenvalue weighted by Crippen LogP contribution is -2.38. The van der Waals surface area contributed by atoms with Gasteiger partial charge in [-0.05, 0) is 53.9 Å². The largest absolute Gasteiger partial charge is 0.308 e. The van der Waals surface area contributed by atoms with Crippen molar-refractivity contribution in [1.29, 1.82) is 0 Å². The van der Waals surface area contributed by atoms with Crippen molar-refractivity contribution in [2.24, 2.45) is 0 Å². The van der Waals surface area contributed by atoms with Crippen molar-refractivity contribution in [1.82, 2.24) is 5.32 Å². The highest BCUT2D eigenvalue weighted by atomic mass is 79.9. The first-order valence-corrected chi connectivity index (χ1v) is 7.11. The van der Waals surface area contributed by atoms with Gasteiger partial charge in [-0.2, -0.15) is 0 Å². The quantitative estimate of drug-likeness (QED) is 0.781. The maximum atomic E-state index is 13.0. The second-order valence-electron chi connectivity index (χ2n) is 4.42. The molecule has 0 saturated carbocycles. The highest BCUT2D eigenvalue weighted by Gasteiger charge is 2.15. The lowest BCUT2D eigenvalue weighted by Gasteiger charge is -2.25. The number of rotatable bonds is 5. The minimum Gasteiger partial charge on any atom is -0.308 e. The number of halogens is 3. The van der Waals surface area contributed by atoms with Gasteiger partial charge in [0.15, 0.2) is 0 Å². The number of hydrogen-bond donors (Lipinski definition) is 1. The van der Waals surface area contributed by atoms with Gasteiger partial charge in [-0.25, -0.2) is 4.39 Å². The van der Waals surface area contributed by atoms with E-state index in [1.54, 1.807) is 6.07 Å². The summed E-state index contributed by atoms with van der Waals surface area (Å²) in [5, 5.41) is 4.42. The minimum atomic E-state index is -0.219. The molecule has 0 aromatic heterocycles. The predicted octanol–water partition coefficient (Wildman–Crippen LogP) is 4.24. The third-order valence-electron chi connectivity index (χ3n) is 2.47. The van der Waals surface area contributed by atoms with Crippen molar-refractivity contribution >= 4 is 31.9 Å². The van der Waals surface area contributed by atoms with E-state index in [2.05, 4.69) is 51.0 Å². The Balaban J connectivity index is 2.57. The highest BCUT2D eigenvalue weighted by Crippen LogP contribution is 2.18. The molecule has 90 valence electrons. The number of alkyl halides is 1. The monoisotopic (exact) mass is 351 g/mol. The first-order chi connectivity index (χ1) is 7.44. The Bertz CT molecular complexity index is 353. The van der Waals surface area contributed by atoms with E-state index in [1.165, 1.54) is 6.07 Å². The van der Waals surface area contributed by atoms with Crippen LogP contribution in [0.15, 0.2) is 22.7 Å².